The average molecular weight is 325 g/mol. The van der Waals surface area contributed by atoms with Crippen molar-refractivity contribution < 1.29 is 13.2 Å². The molecule has 0 fully saturated rings. The van der Waals surface area contributed by atoms with Crippen LogP contribution in [0.1, 0.15) is 26.3 Å². The fourth-order valence-electron chi connectivity index (χ4n) is 1.25. The minimum absolute atomic E-state index is 0.147. The minimum Gasteiger partial charge on any atom is -0.378 e. The van der Waals surface area contributed by atoms with Crippen LogP contribution < -0.4 is 11.1 Å². The van der Waals surface area contributed by atoms with Crippen LogP contribution in [-0.2, 0) is 6.18 Å². The summed E-state index contributed by atoms with van der Waals surface area (Å²) in [5.74, 6) is 0. The van der Waals surface area contributed by atoms with Crippen molar-refractivity contribution in [3.63, 3.8) is 0 Å². The second kappa shape index (κ2) is 5.09. The van der Waals surface area contributed by atoms with Gasteiger partial charge >= 0.3 is 6.18 Å². The van der Waals surface area contributed by atoms with E-state index in [4.69, 9.17) is 5.73 Å². The van der Waals surface area contributed by atoms with Crippen molar-refractivity contribution in [1.29, 1.82) is 0 Å². The standard InChI is InChI=1S/C12H16BrF3N2/c1-7(17)11(2,3)18-10-5-4-8(6-9(10)13)12(14,15)16/h4-7,18H,17H2,1-3H3. The van der Waals surface area contributed by atoms with Gasteiger partial charge in [-0.15, -0.1) is 0 Å². The fourth-order valence-corrected chi connectivity index (χ4v) is 1.73. The Hall–Kier alpha value is -0.750. The normalized spacial score (nSPS) is 14.4. The van der Waals surface area contributed by atoms with E-state index < -0.39 is 17.3 Å². The highest BCUT2D eigenvalue weighted by Gasteiger charge is 2.31. The zero-order valence-corrected chi connectivity index (χ0v) is 12.0. The van der Waals surface area contributed by atoms with Gasteiger partial charge in [-0.3, -0.25) is 0 Å². The number of hydrogen-bond donors (Lipinski definition) is 2. The van der Waals surface area contributed by atoms with Gasteiger partial charge in [-0.05, 0) is 54.9 Å². The van der Waals surface area contributed by atoms with E-state index in [-0.39, 0.29) is 6.04 Å². The summed E-state index contributed by atoms with van der Waals surface area (Å²) < 4.78 is 37.9. The van der Waals surface area contributed by atoms with Gasteiger partial charge in [0.2, 0.25) is 0 Å². The molecular weight excluding hydrogens is 309 g/mol. The molecule has 0 aliphatic rings. The van der Waals surface area contributed by atoms with Crippen LogP contribution in [0.3, 0.4) is 0 Å². The molecule has 0 aromatic heterocycles. The first-order valence-corrected chi connectivity index (χ1v) is 6.24. The number of rotatable bonds is 3. The molecule has 18 heavy (non-hydrogen) atoms. The van der Waals surface area contributed by atoms with Gasteiger partial charge < -0.3 is 11.1 Å². The van der Waals surface area contributed by atoms with Crippen LogP contribution in [-0.4, -0.2) is 11.6 Å². The topological polar surface area (TPSA) is 38.0 Å². The highest BCUT2D eigenvalue weighted by molar-refractivity contribution is 9.10. The Morgan fingerprint density at radius 1 is 1.28 bits per heavy atom. The van der Waals surface area contributed by atoms with Crippen LogP contribution in [0.5, 0.6) is 0 Å². The van der Waals surface area contributed by atoms with Gasteiger partial charge in [0.25, 0.3) is 0 Å². The largest absolute Gasteiger partial charge is 0.416 e. The van der Waals surface area contributed by atoms with Crippen LogP contribution in [0.25, 0.3) is 0 Å². The first kappa shape index (κ1) is 15.3. The van der Waals surface area contributed by atoms with E-state index in [2.05, 4.69) is 21.2 Å². The Bertz CT molecular complexity index is 428. The monoisotopic (exact) mass is 324 g/mol. The van der Waals surface area contributed by atoms with Gasteiger partial charge in [0.1, 0.15) is 0 Å². The van der Waals surface area contributed by atoms with E-state index >= 15 is 0 Å². The summed E-state index contributed by atoms with van der Waals surface area (Å²) in [6.45, 7) is 5.62. The Labute approximate surface area is 113 Å². The predicted octanol–water partition coefficient (Wildman–Crippen LogP) is 4.01. The predicted molar refractivity (Wildman–Crippen MR) is 70.5 cm³/mol. The van der Waals surface area contributed by atoms with Gasteiger partial charge in [0.05, 0.1) is 5.56 Å². The smallest absolute Gasteiger partial charge is 0.378 e. The molecule has 1 atom stereocenters. The van der Waals surface area contributed by atoms with E-state index in [9.17, 15) is 13.2 Å². The Balaban J connectivity index is 3.01. The van der Waals surface area contributed by atoms with Gasteiger partial charge in [-0.1, -0.05) is 0 Å². The van der Waals surface area contributed by atoms with E-state index in [1.54, 1.807) is 0 Å². The van der Waals surface area contributed by atoms with Gasteiger partial charge in [-0.2, -0.15) is 13.2 Å². The number of anilines is 1. The number of alkyl halides is 3. The molecule has 0 radical (unpaired) electrons. The molecule has 0 bridgehead atoms. The number of halogens is 4. The molecule has 0 heterocycles. The SMILES string of the molecule is CC(N)C(C)(C)Nc1ccc(C(F)(F)F)cc1Br. The number of benzene rings is 1. The summed E-state index contributed by atoms with van der Waals surface area (Å²) in [5, 5.41) is 3.13. The Morgan fingerprint density at radius 3 is 2.22 bits per heavy atom. The third-order valence-corrected chi connectivity index (χ3v) is 3.55. The lowest BCUT2D eigenvalue weighted by atomic mass is 9.96. The highest BCUT2D eigenvalue weighted by Crippen LogP contribution is 2.34. The van der Waals surface area contributed by atoms with Crippen molar-refractivity contribution in [2.24, 2.45) is 5.73 Å². The quantitative estimate of drug-likeness (QED) is 0.881. The Kier molecular flexibility index (Phi) is 4.33. The summed E-state index contributed by atoms with van der Waals surface area (Å²) in [4.78, 5) is 0. The molecule has 0 aliphatic carbocycles. The molecule has 0 aliphatic heterocycles. The molecule has 0 saturated carbocycles. The van der Waals surface area contributed by atoms with Crippen molar-refractivity contribution >= 4 is 21.6 Å². The lowest BCUT2D eigenvalue weighted by molar-refractivity contribution is -0.137. The summed E-state index contributed by atoms with van der Waals surface area (Å²) in [7, 11) is 0. The zero-order valence-electron chi connectivity index (χ0n) is 10.4. The maximum Gasteiger partial charge on any atom is 0.416 e. The van der Waals surface area contributed by atoms with Crippen molar-refractivity contribution in [3.8, 4) is 0 Å². The molecule has 3 N–H and O–H groups in total. The molecule has 2 nitrogen and oxygen atoms in total. The second-order valence-electron chi connectivity index (χ2n) is 4.83. The van der Waals surface area contributed by atoms with E-state index in [0.29, 0.717) is 10.2 Å². The summed E-state index contributed by atoms with van der Waals surface area (Å²) in [5.41, 5.74) is 5.30. The third kappa shape index (κ3) is 3.62. The van der Waals surface area contributed by atoms with Crippen molar-refractivity contribution in [1.82, 2.24) is 0 Å². The lowest BCUT2D eigenvalue weighted by Crippen LogP contribution is -2.47. The number of nitrogens with two attached hydrogens (primary N) is 1. The minimum atomic E-state index is -4.34. The van der Waals surface area contributed by atoms with Gasteiger partial charge in [-0.25, -0.2) is 0 Å². The second-order valence-corrected chi connectivity index (χ2v) is 5.68. The lowest BCUT2D eigenvalue weighted by Gasteiger charge is -2.32. The third-order valence-electron chi connectivity index (χ3n) is 2.89. The number of hydrogen-bond acceptors (Lipinski definition) is 2. The molecule has 1 rings (SSSR count). The highest BCUT2D eigenvalue weighted by atomic mass is 79.9. The average Bonchev–Trinajstić information content (AvgIpc) is 2.19. The first-order valence-electron chi connectivity index (χ1n) is 5.44. The molecule has 0 amide bonds. The number of nitrogens with one attached hydrogen (secondary N) is 1. The molecule has 1 aromatic rings. The van der Waals surface area contributed by atoms with Crippen molar-refractivity contribution in [2.75, 3.05) is 5.32 Å². The molecule has 1 unspecified atom stereocenters. The molecule has 102 valence electrons. The fraction of sp³-hybridized carbons (Fsp3) is 0.500. The zero-order chi connectivity index (χ0) is 14.1. The van der Waals surface area contributed by atoms with Gasteiger partial charge in [0, 0.05) is 21.7 Å². The van der Waals surface area contributed by atoms with E-state index in [1.807, 2.05) is 20.8 Å². The maximum atomic E-state index is 12.5. The van der Waals surface area contributed by atoms with Crippen LogP contribution >= 0.6 is 15.9 Å². The van der Waals surface area contributed by atoms with E-state index in [1.165, 1.54) is 6.07 Å². The van der Waals surface area contributed by atoms with E-state index in [0.717, 1.165) is 12.1 Å². The first-order chi connectivity index (χ1) is 8.04. The maximum absolute atomic E-state index is 12.5. The van der Waals surface area contributed by atoms with Crippen LogP contribution in [0, 0.1) is 0 Å². The molecular formula is C12H16BrF3N2. The summed E-state index contributed by atoms with van der Waals surface area (Å²) >= 11 is 3.14. The van der Waals surface area contributed by atoms with Gasteiger partial charge in [0.15, 0.2) is 0 Å². The Morgan fingerprint density at radius 2 is 1.83 bits per heavy atom. The molecule has 0 spiro atoms. The molecule has 0 saturated heterocycles. The van der Waals surface area contributed by atoms with Crippen LogP contribution in [0.4, 0.5) is 18.9 Å². The van der Waals surface area contributed by atoms with Crippen molar-refractivity contribution in [3.05, 3.63) is 28.2 Å². The summed E-state index contributed by atoms with van der Waals surface area (Å²) in [6, 6.07) is 3.35. The molecule has 6 heteroatoms. The van der Waals surface area contributed by atoms with Crippen molar-refractivity contribution in [2.45, 2.75) is 38.5 Å². The summed E-state index contributed by atoms with van der Waals surface area (Å²) in [6.07, 6.45) is -4.34. The van der Waals surface area contributed by atoms with Crippen LogP contribution in [0.2, 0.25) is 0 Å². The van der Waals surface area contributed by atoms with Crippen LogP contribution in [0.15, 0.2) is 22.7 Å². The molecule has 1 aromatic carbocycles.